The molecule has 1 unspecified atom stereocenters. The van der Waals surface area contributed by atoms with Gasteiger partial charge in [0.2, 0.25) is 5.91 Å². The van der Waals surface area contributed by atoms with Crippen molar-refractivity contribution in [3.05, 3.63) is 18.7 Å². The molecule has 1 aliphatic heterocycles. The summed E-state index contributed by atoms with van der Waals surface area (Å²) in [4.78, 5) is 15.6. The van der Waals surface area contributed by atoms with E-state index >= 15 is 0 Å². The van der Waals surface area contributed by atoms with Crippen molar-refractivity contribution in [2.75, 3.05) is 13.1 Å². The number of hydrogen-bond donors (Lipinski definition) is 1. The maximum atomic E-state index is 11.7. The SMILES string of the molecule is Cl.O=C(C1CCCNC1)n1ccnc1. The molecule has 1 fully saturated rings. The first-order chi connectivity index (χ1) is 6.38. The summed E-state index contributed by atoms with van der Waals surface area (Å²) < 4.78 is 1.57. The number of nitrogens with zero attached hydrogens (tertiary/aromatic N) is 2. The van der Waals surface area contributed by atoms with Gasteiger partial charge >= 0.3 is 0 Å². The molecular formula is C9H14ClN3O. The van der Waals surface area contributed by atoms with Crippen molar-refractivity contribution in [2.45, 2.75) is 12.8 Å². The maximum absolute atomic E-state index is 11.7. The number of imidazole rings is 1. The Morgan fingerprint density at radius 2 is 2.43 bits per heavy atom. The molecule has 1 aromatic heterocycles. The first-order valence-electron chi connectivity index (χ1n) is 4.61. The Morgan fingerprint density at radius 1 is 1.57 bits per heavy atom. The molecule has 0 bridgehead atoms. The van der Waals surface area contributed by atoms with Crippen LogP contribution in [0.15, 0.2) is 18.7 Å². The number of aromatic nitrogens is 2. The fourth-order valence-corrected chi connectivity index (χ4v) is 1.66. The van der Waals surface area contributed by atoms with Gasteiger partial charge in [-0.3, -0.25) is 9.36 Å². The third-order valence-corrected chi connectivity index (χ3v) is 2.41. The molecule has 1 aliphatic rings. The first-order valence-corrected chi connectivity index (χ1v) is 4.61. The van der Waals surface area contributed by atoms with Crippen LogP contribution in [0.3, 0.4) is 0 Å². The van der Waals surface area contributed by atoms with E-state index in [-0.39, 0.29) is 24.2 Å². The predicted molar refractivity (Wildman–Crippen MR) is 55.7 cm³/mol. The molecule has 4 nitrogen and oxygen atoms in total. The second kappa shape index (κ2) is 5.12. The van der Waals surface area contributed by atoms with Gasteiger partial charge in [0.15, 0.2) is 0 Å². The molecule has 1 aromatic rings. The molecule has 1 saturated heterocycles. The quantitative estimate of drug-likeness (QED) is 0.759. The summed E-state index contributed by atoms with van der Waals surface area (Å²) in [5.74, 6) is 0.285. The van der Waals surface area contributed by atoms with Crippen molar-refractivity contribution >= 4 is 18.3 Å². The molecule has 1 atom stereocenters. The molecule has 0 spiro atoms. The standard InChI is InChI=1S/C9H13N3O.ClH/c13-9(12-5-4-11-7-12)8-2-1-3-10-6-8;/h4-5,7-8,10H,1-3,6H2;1H. The fraction of sp³-hybridized carbons (Fsp3) is 0.556. The highest BCUT2D eigenvalue weighted by Gasteiger charge is 2.21. The lowest BCUT2D eigenvalue weighted by Gasteiger charge is -2.21. The molecular weight excluding hydrogens is 202 g/mol. The summed E-state index contributed by atoms with van der Waals surface area (Å²) >= 11 is 0. The van der Waals surface area contributed by atoms with Gasteiger partial charge in [-0.05, 0) is 19.4 Å². The van der Waals surface area contributed by atoms with E-state index < -0.39 is 0 Å². The highest BCUT2D eigenvalue weighted by atomic mass is 35.5. The van der Waals surface area contributed by atoms with Crippen LogP contribution in [0.4, 0.5) is 0 Å². The second-order valence-electron chi connectivity index (χ2n) is 3.35. The predicted octanol–water partition coefficient (Wildman–Crippen LogP) is 0.945. The zero-order chi connectivity index (χ0) is 9.10. The minimum Gasteiger partial charge on any atom is -0.316 e. The van der Waals surface area contributed by atoms with Crippen LogP contribution in [0.25, 0.3) is 0 Å². The van der Waals surface area contributed by atoms with Crippen molar-refractivity contribution in [1.82, 2.24) is 14.9 Å². The first kappa shape index (κ1) is 11.2. The van der Waals surface area contributed by atoms with Gasteiger partial charge in [0.1, 0.15) is 6.33 Å². The van der Waals surface area contributed by atoms with Gasteiger partial charge in [-0.2, -0.15) is 0 Å². The lowest BCUT2D eigenvalue weighted by molar-refractivity contribution is 0.0812. The summed E-state index contributed by atoms with van der Waals surface area (Å²) in [6.07, 6.45) is 6.98. The monoisotopic (exact) mass is 215 g/mol. The summed E-state index contributed by atoms with van der Waals surface area (Å²) in [7, 11) is 0. The van der Waals surface area contributed by atoms with E-state index in [0.717, 1.165) is 25.9 Å². The Kier molecular flexibility index (Phi) is 4.10. The third-order valence-electron chi connectivity index (χ3n) is 2.41. The maximum Gasteiger partial charge on any atom is 0.236 e. The van der Waals surface area contributed by atoms with Gasteiger partial charge < -0.3 is 5.32 Å². The molecule has 78 valence electrons. The lowest BCUT2D eigenvalue weighted by atomic mass is 9.99. The number of carbonyl (C=O) groups excluding carboxylic acids is 1. The molecule has 0 amide bonds. The average Bonchev–Trinajstić information content (AvgIpc) is 2.71. The van der Waals surface area contributed by atoms with Gasteiger partial charge in [0.05, 0.1) is 5.92 Å². The number of hydrogen-bond acceptors (Lipinski definition) is 3. The summed E-state index contributed by atoms with van der Waals surface area (Å²) in [6.45, 7) is 1.84. The highest BCUT2D eigenvalue weighted by Crippen LogP contribution is 2.12. The molecule has 1 N–H and O–H groups in total. The number of nitrogens with one attached hydrogen (secondary N) is 1. The molecule has 2 heterocycles. The second-order valence-corrected chi connectivity index (χ2v) is 3.35. The van der Waals surface area contributed by atoms with Crippen molar-refractivity contribution in [3.63, 3.8) is 0 Å². The van der Waals surface area contributed by atoms with Gasteiger partial charge in [0, 0.05) is 18.9 Å². The van der Waals surface area contributed by atoms with Crippen molar-refractivity contribution in [3.8, 4) is 0 Å². The van der Waals surface area contributed by atoms with Crippen molar-refractivity contribution < 1.29 is 4.79 Å². The van der Waals surface area contributed by atoms with Crippen LogP contribution in [0.2, 0.25) is 0 Å². The van der Waals surface area contributed by atoms with Crippen LogP contribution in [0.1, 0.15) is 17.6 Å². The fourth-order valence-electron chi connectivity index (χ4n) is 1.66. The molecule has 0 aliphatic carbocycles. The Balaban J connectivity index is 0.000000980. The van der Waals surface area contributed by atoms with Crippen LogP contribution in [-0.4, -0.2) is 28.5 Å². The van der Waals surface area contributed by atoms with E-state index in [1.165, 1.54) is 0 Å². The number of rotatable bonds is 1. The molecule has 0 aromatic carbocycles. The average molecular weight is 216 g/mol. The third kappa shape index (κ3) is 2.33. The Morgan fingerprint density at radius 3 is 3.00 bits per heavy atom. The van der Waals surface area contributed by atoms with E-state index in [9.17, 15) is 4.79 Å². The minimum absolute atomic E-state index is 0. The zero-order valence-corrected chi connectivity index (χ0v) is 8.67. The minimum atomic E-state index is 0. The van der Waals surface area contributed by atoms with Crippen molar-refractivity contribution in [1.29, 1.82) is 0 Å². The Bertz CT molecular complexity index is 280. The van der Waals surface area contributed by atoms with Gasteiger partial charge in [0.25, 0.3) is 0 Å². The van der Waals surface area contributed by atoms with Crippen LogP contribution in [-0.2, 0) is 0 Å². The summed E-state index contributed by atoms with van der Waals surface area (Å²) in [5, 5.41) is 3.22. The molecule has 0 radical (unpaired) electrons. The highest BCUT2D eigenvalue weighted by molar-refractivity contribution is 5.85. The van der Waals surface area contributed by atoms with Crippen LogP contribution >= 0.6 is 12.4 Å². The number of piperidine rings is 1. The lowest BCUT2D eigenvalue weighted by Crippen LogP contribution is -2.36. The smallest absolute Gasteiger partial charge is 0.236 e. The van der Waals surface area contributed by atoms with E-state index in [4.69, 9.17) is 0 Å². The number of halogens is 1. The van der Waals surface area contributed by atoms with Crippen LogP contribution < -0.4 is 5.32 Å². The molecule has 5 heteroatoms. The zero-order valence-electron chi connectivity index (χ0n) is 7.85. The Hall–Kier alpha value is -0.870. The van der Waals surface area contributed by atoms with E-state index in [1.807, 2.05) is 0 Å². The Labute approximate surface area is 89.1 Å². The molecule has 14 heavy (non-hydrogen) atoms. The summed E-state index contributed by atoms with van der Waals surface area (Å²) in [6, 6.07) is 0. The van der Waals surface area contributed by atoms with Crippen LogP contribution in [0.5, 0.6) is 0 Å². The topological polar surface area (TPSA) is 46.9 Å². The molecule has 2 rings (SSSR count). The normalized spacial score (nSPS) is 21.3. The van der Waals surface area contributed by atoms with Gasteiger partial charge in [-0.25, -0.2) is 4.98 Å². The molecule has 0 saturated carbocycles. The number of carbonyl (C=O) groups is 1. The largest absolute Gasteiger partial charge is 0.316 e. The van der Waals surface area contributed by atoms with E-state index in [1.54, 1.807) is 23.3 Å². The van der Waals surface area contributed by atoms with E-state index in [0.29, 0.717) is 0 Å². The van der Waals surface area contributed by atoms with Crippen molar-refractivity contribution in [2.24, 2.45) is 5.92 Å². The van der Waals surface area contributed by atoms with Crippen LogP contribution in [0, 0.1) is 5.92 Å². The summed E-state index contributed by atoms with van der Waals surface area (Å²) in [5.41, 5.74) is 0. The van der Waals surface area contributed by atoms with Gasteiger partial charge in [-0.15, -0.1) is 12.4 Å². The van der Waals surface area contributed by atoms with Gasteiger partial charge in [-0.1, -0.05) is 0 Å². The van der Waals surface area contributed by atoms with E-state index in [2.05, 4.69) is 10.3 Å².